The van der Waals surface area contributed by atoms with Crippen LogP contribution < -0.4 is 5.73 Å². The minimum absolute atomic E-state index is 0.0333. The van der Waals surface area contributed by atoms with Crippen molar-refractivity contribution in [2.75, 3.05) is 19.9 Å². The molecule has 0 radical (unpaired) electrons. The monoisotopic (exact) mass is 311 g/mol. The second-order valence-electron chi connectivity index (χ2n) is 4.48. The van der Waals surface area contributed by atoms with E-state index in [4.69, 9.17) is 11.0 Å². The Labute approximate surface area is 124 Å². The first-order chi connectivity index (χ1) is 9.75. The van der Waals surface area contributed by atoms with Crippen LogP contribution in [0.3, 0.4) is 0 Å². The zero-order valence-electron chi connectivity index (χ0n) is 12.0. The maximum absolute atomic E-state index is 12.6. The summed E-state index contributed by atoms with van der Waals surface area (Å²) in [7, 11) is -1.45. The van der Waals surface area contributed by atoms with Gasteiger partial charge in [0.25, 0.3) is 0 Å². The molecule has 8 heteroatoms. The number of sulfonamides is 1. The van der Waals surface area contributed by atoms with Crippen LogP contribution in [0.4, 0.5) is 5.69 Å². The molecule has 0 aliphatic heterocycles. The van der Waals surface area contributed by atoms with Gasteiger partial charge in [-0.1, -0.05) is 0 Å². The summed E-state index contributed by atoms with van der Waals surface area (Å²) in [6.07, 6.45) is 0.0333. The molecule has 0 aliphatic carbocycles. The van der Waals surface area contributed by atoms with Crippen molar-refractivity contribution < 1.29 is 17.9 Å². The molecule has 0 amide bonds. The summed E-state index contributed by atoms with van der Waals surface area (Å²) in [4.78, 5) is 11.5. The normalized spacial score (nSPS) is 12.7. The molecule has 1 unspecified atom stereocenters. The Morgan fingerprint density at radius 3 is 2.67 bits per heavy atom. The van der Waals surface area contributed by atoms with Crippen LogP contribution in [0.15, 0.2) is 23.1 Å². The van der Waals surface area contributed by atoms with E-state index in [1.165, 1.54) is 25.2 Å². The highest BCUT2D eigenvalue weighted by Gasteiger charge is 2.30. The maximum Gasteiger partial charge on any atom is 0.339 e. The summed E-state index contributed by atoms with van der Waals surface area (Å²) in [5.74, 6) is -0.769. The van der Waals surface area contributed by atoms with E-state index in [2.05, 4.69) is 4.74 Å². The maximum atomic E-state index is 12.6. The SMILES string of the molecule is COC(=O)c1ccc(N)cc1S(=O)(=O)N(C)C(C)CC#N. The molecule has 114 valence electrons. The summed E-state index contributed by atoms with van der Waals surface area (Å²) in [5.41, 5.74) is 5.73. The lowest BCUT2D eigenvalue weighted by atomic mass is 10.2. The molecule has 21 heavy (non-hydrogen) atoms. The minimum atomic E-state index is -3.97. The molecular weight excluding hydrogens is 294 g/mol. The van der Waals surface area contributed by atoms with Crippen molar-refractivity contribution in [3.8, 4) is 6.07 Å². The number of carbonyl (C=O) groups is 1. The number of esters is 1. The highest BCUT2D eigenvalue weighted by molar-refractivity contribution is 7.89. The van der Waals surface area contributed by atoms with E-state index in [9.17, 15) is 13.2 Å². The number of nitrogen functional groups attached to an aromatic ring is 1. The van der Waals surface area contributed by atoms with E-state index >= 15 is 0 Å². The second kappa shape index (κ2) is 6.56. The van der Waals surface area contributed by atoms with Crippen LogP contribution in [0.25, 0.3) is 0 Å². The molecule has 0 saturated carbocycles. The number of nitrogens with zero attached hydrogens (tertiary/aromatic N) is 2. The topological polar surface area (TPSA) is 113 Å². The summed E-state index contributed by atoms with van der Waals surface area (Å²) in [5, 5.41) is 8.68. The molecule has 0 spiro atoms. The van der Waals surface area contributed by atoms with E-state index in [0.717, 1.165) is 11.4 Å². The van der Waals surface area contributed by atoms with Crippen molar-refractivity contribution in [2.24, 2.45) is 0 Å². The predicted octanol–water partition coefficient (Wildman–Crippen LogP) is 0.978. The van der Waals surface area contributed by atoms with E-state index in [-0.39, 0.29) is 22.6 Å². The Morgan fingerprint density at radius 1 is 1.52 bits per heavy atom. The van der Waals surface area contributed by atoms with E-state index in [1.54, 1.807) is 6.92 Å². The second-order valence-corrected chi connectivity index (χ2v) is 6.45. The van der Waals surface area contributed by atoms with Crippen molar-refractivity contribution in [3.05, 3.63) is 23.8 Å². The zero-order valence-corrected chi connectivity index (χ0v) is 12.8. The fourth-order valence-electron chi connectivity index (χ4n) is 1.68. The number of hydrogen-bond acceptors (Lipinski definition) is 6. The van der Waals surface area contributed by atoms with Crippen molar-refractivity contribution in [1.29, 1.82) is 5.26 Å². The number of nitrogens with two attached hydrogens (primary N) is 1. The van der Waals surface area contributed by atoms with Crippen molar-refractivity contribution in [3.63, 3.8) is 0 Å². The van der Waals surface area contributed by atoms with Gasteiger partial charge in [0.2, 0.25) is 10.0 Å². The third-order valence-electron chi connectivity index (χ3n) is 3.08. The van der Waals surface area contributed by atoms with Crippen LogP contribution in [-0.4, -0.2) is 38.9 Å². The van der Waals surface area contributed by atoms with Gasteiger partial charge in [-0.15, -0.1) is 0 Å². The number of rotatable bonds is 5. The van der Waals surface area contributed by atoms with Crippen LogP contribution in [0.5, 0.6) is 0 Å². The van der Waals surface area contributed by atoms with Crippen LogP contribution in [0.1, 0.15) is 23.7 Å². The Hall–Kier alpha value is -2.11. The molecule has 0 heterocycles. The molecule has 0 bridgehead atoms. The largest absolute Gasteiger partial charge is 0.465 e. The molecule has 0 fully saturated rings. The fraction of sp³-hybridized carbons (Fsp3) is 0.385. The molecule has 1 aromatic rings. The lowest BCUT2D eigenvalue weighted by Gasteiger charge is -2.23. The third-order valence-corrected chi connectivity index (χ3v) is 5.09. The van der Waals surface area contributed by atoms with Gasteiger partial charge in [0.05, 0.1) is 30.1 Å². The Balaban J connectivity index is 3.41. The van der Waals surface area contributed by atoms with Gasteiger partial charge >= 0.3 is 5.97 Å². The van der Waals surface area contributed by atoms with Crippen LogP contribution in [0.2, 0.25) is 0 Å². The van der Waals surface area contributed by atoms with Gasteiger partial charge in [-0.2, -0.15) is 9.57 Å². The van der Waals surface area contributed by atoms with Gasteiger partial charge < -0.3 is 10.5 Å². The summed E-state index contributed by atoms with van der Waals surface area (Å²) in [6, 6.07) is 5.30. The molecule has 0 saturated heterocycles. The predicted molar refractivity (Wildman–Crippen MR) is 76.8 cm³/mol. The number of nitriles is 1. The molecule has 0 aromatic heterocycles. The van der Waals surface area contributed by atoms with E-state index < -0.39 is 22.0 Å². The highest BCUT2D eigenvalue weighted by atomic mass is 32.2. The number of ether oxygens (including phenoxy) is 1. The smallest absolute Gasteiger partial charge is 0.339 e. The number of hydrogen-bond donors (Lipinski definition) is 1. The van der Waals surface area contributed by atoms with Gasteiger partial charge in [-0.25, -0.2) is 13.2 Å². The number of anilines is 1. The molecular formula is C13H17N3O4S. The lowest BCUT2D eigenvalue weighted by molar-refractivity contribution is 0.0596. The standard InChI is InChI=1S/C13H17N3O4S/c1-9(6-7-14)16(2)21(18,19)12-8-10(15)4-5-11(12)13(17)20-3/h4-5,8-9H,6,15H2,1-3H3. The van der Waals surface area contributed by atoms with Crippen molar-refractivity contribution >= 4 is 21.7 Å². The van der Waals surface area contributed by atoms with E-state index in [0.29, 0.717) is 0 Å². The van der Waals surface area contributed by atoms with Crippen LogP contribution in [0, 0.1) is 11.3 Å². The molecule has 1 rings (SSSR count). The Kier molecular flexibility index (Phi) is 5.29. The Morgan fingerprint density at radius 2 is 2.14 bits per heavy atom. The van der Waals surface area contributed by atoms with Crippen LogP contribution >= 0.6 is 0 Å². The minimum Gasteiger partial charge on any atom is -0.465 e. The zero-order chi connectivity index (χ0) is 16.2. The fourth-order valence-corrected chi connectivity index (χ4v) is 3.26. The quantitative estimate of drug-likeness (QED) is 0.640. The first kappa shape index (κ1) is 16.9. The lowest BCUT2D eigenvalue weighted by Crippen LogP contribution is -2.35. The molecule has 1 aromatic carbocycles. The van der Waals surface area contributed by atoms with Gasteiger partial charge in [0.15, 0.2) is 0 Å². The number of methoxy groups -OCH3 is 1. The third kappa shape index (κ3) is 3.51. The first-order valence-electron chi connectivity index (χ1n) is 6.08. The van der Waals surface area contributed by atoms with Gasteiger partial charge in [0.1, 0.15) is 0 Å². The first-order valence-corrected chi connectivity index (χ1v) is 7.52. The van der Waals surface area contributed by atoms with E-state index in [1.807, 2.05) is 6.07 Å². The van der Waals surface area contributed by atoms with Crippen molar-refractivity contribution in [1.82, 2.24) is 4.31 Å². The molecule has 0 aliphatic rings. The average molecular weight is 311 g/mol. The number of benzene rings is 1. The molecule has 7 nitrogen and oxygen atoms in total. The summed E-state index contributed by atoms with van der Waals surface area (Å²) < 4.78 is 30.8. The van der Waals surface area contributed by atoms with Crippen molar-refractivity contribution in [2.45, 2.75) is 24.3 Å². The van der Waals surface area contributed by atoms with Gasteiger partial charge in [-0.3, -0.25) is 0 Å². The highest BCUT2D eigenvalue weighted by Crippen LogP contribution is 2.24. The molecule has 1 atom stereocenters. The van der Waals surface area contributed by atoms with Gasteiger partial charge in [0, 0.05) is 18.8 Å². The number of carbonyl (C=O) groups excluding carboxylic acids is 1. The average Bonchev–Trinajstić information content (AvgIpc) is 2.45. The van der Waals surface area contributed by atoms with Gasteiger partial charge in [-0.05, 0) is 25.1 Å². The Bertz CT molecular complexity index is 679. The molecule has 2 N–H and O–H groups in total. The summed E-state index contributed by atoms with van der Waals surface area (Å²) in [6.45, 7) is 1.60. The van der Waals surface area contributed by atoms with Crippen LogP contribution in [-0.2, 0) is 14.8 Å². The summed E-state index contributed by atoms with van der Waals surface area (Å²) >= 11 is 0.